The van der Waals surface area contributed by atoms with Gasteiger partial charge in [0.2, 0.25) is 0 Å². The number of hydrogen-bond acceptors (Lipinski definition) is 7. The summed E-state index contributed by atoms with van der Waals surface area (Å²) < 4.78 is 21.5. The third-order valence-electron chi connectivity index (χ3n) is 6.37. The average molecular weight is 474 g/mol. The molecule has 2 aliphatic heterocycles. The SMILES string of the molecule is CC(c1ccc(F)cc1CN1CCOCC1)n1nnc2c1CCN(c1cn[nH]c(=O)c1Cl)C2. The molecule has 1 aromatic carbocycles. The maximum Gasteiger partial charge on any atom is 0.285 e. The Hall–Kier alpha value is -2.82. The number of nitrogens with one attached hydrogen (secondary N) is 1. The number of benzene rings is 1. The Morgan fingerprint density at radius 3 is 2.91 bits per heavy atom. The summed E-state index contributed by atoms with van der Waals surface area (Å²) >= 11 is 6.19. The molecule has 9 nitrogen and oxygen atoms in total. The summed E-state index contributed by atoms with van der Waals surface area (Å²) in [5, 5.41) is 15.2. The molecule has 1 fully saturated rings. The standard InChI is InChI=1S/C22H25ClFN7O2/c1-14(17-3-2-16(24)10-15(17)12-29-6-8-33-9-7-29)31-19-4-5-30(13-18(19)26-28-31)20-11-25-27-22(32)21(20)23/h2-3,10-11,14H,4-9,12-13H2,1H3,(H,27,32). The van der Waals surface area contributed by atoms with Gasteiger partial charge in [-0.15, -0.1) is 5.10 Å². The average Bonchev–Trinajstić information content (AvgIpc) is 3.24. The predicted octanol–water partition coefficient (Wildman–Crippen LogP) is 2.16. The minimum absolute atomic E-state index is 0.103. The van der Waals surface area contributed by atoms with E-state index in [4.69, 9.17) is 16.3 Å². The van der Waals surface area contributed by atoms with Gasteiger partial charge in [0, 0.05) is 32.6 Å². The Labute approximate surface area is 195 Å². The molecule has 5 rings (SSSR count). The van der Waals surface area contributed by atoms with Crippen molar-refractivity contribution in [1.29, 1.82) is 0 Å². The number of rotatable bonds is 5. The number of morpholine rings is 1. The molecule has 1 atom stereocenters. The molecule has 11 heteroatoms. The number of anilines is 1. The van der Waals surface area contributed by atoms with Crippen LogP contribution in [-0.4, -0.2) is 62.9 Å². The molecule has 0 spiro atoms. The van der Waals surface area contributed by atoms with Crippen LogP contribution in [0.15, 0.2) is 29.2 Å². The van der Waals surface area contributed by atoms with Crippen molar-refractivity contribution in [3.63, 3.8) is 0 Å². The molecule has 1 N–H and O–H groups in total. The van der Waals surface area contributed by atoms with Crippen LogP contribution in [0.4, 0.5) is 10.1 Å². The van der Waals surface area contributed by atoms with Gasteiger partial charge in [0.05, 0.1) is 43.4 Å². The molecule has 174 valence electrons. The number of H-pyrrole nitrogens is 1. The first kappa shape index (κ1) is 22.0. The van der Waals surface area contributed by atoms with Crippen molar-refractivity contribution in [3.05, 3.63) is 68.1 Å². The lowest BCUT2D eigenvalue weighted by molar-refractivity contribution is 0.0340. The van der Waals surface area contributed by atoms with Crippen LogP contribution in [-0.2, 0) is 24.2 Å². The molecule has 2 aromatic heterocycles. The molecular formula is C22H25ClFN7O2. The second kappa shape index (κ2) is 9.20. The monoisotopic (exact) mass is 473 g/mol. The van der Waals surface area contributed by atoms with E-state index in [0.29, 0.717) is 45.0 Å². The first-order chi connectivity index (χ1) is 16.0. The lowest BCUT2D eigenvalue weighted by Gasteiger charge is -2.30. The van der Waals surface area contributed by atoms with Crippen LogP contribution in [0, 0.1) is 5.82 Å². The molecule has 3 aromatic rings. The topological polar surface area (TPSA) is 92.2 Å². The summed E-state index contributed by atoms with van der Waals surface area (Å²) in [5.74, 6) is -0.242. The molecule has 4 heterocycles. The van der Waals surface area contributed by atoms with Crippen molar-refractivity contribution in [3.8, 4) is 0 Å². The quantitative estimate of drug-likeness (QED) is 0.607. The van der Waals surface area contributed by atoms with Gasteiger partial charge in [-0.2, -0.15) is 5.10 Å². The summed E-state index contributed by atoms with van der Waals surface area (Å²) in [6.45, 7) is 6.92. The number of aromatic nitrogens is 5. The molecule has 1 saturated heterocycles. The van der Waals surface area contributed by atoms with E-state index in [1.54, 1.807) is 12.3 Å². The Balaban J connectivity index is 1.40. The van der Waals surface area contributed by atoms with Crippen molar-refractivity contribution in [2.75, 3.05) is 37.7 Å². The van der Waals surface area contributed by atoms with Gasteiger partial charge < -0.3 is 9.64 Å². The highest BCUT2D eigenvalue weighted by atomic mass is 35.5. The first-order valence-corrected chi connectivity index (χ1v) is 11.4. The molecular weight excluding hydrogens is 449 g/mol. The smallest absolute Gasteiger partial charge is 0.285 e. The lowest BCUT2D eigenvalue weighted by atomic mass is 9.99. The zero-order valence-corrected chi connectivity index (χ0v) is 19.1. The van der Waals surface area contributed by atoms with Gasteiger partial charge in [-0.3, -0.25) is 9.69 Å². The van der Waals surface area contributed by atoms with Crippen LogP contribution in [0.3, 0.4) is 0 Å². The van der Waals surface area contributed by atoms with Crippen LogP contribution >= 0.6 is 11.6 Å². The molecule has 0 amide bonds. The Bertz CT molecular complexity index is 1210. The molecule has 2 aliphatic rings. The van der Waals surface area contributed by atoms with E-state index >= 15 is 0 Å². The van der Waals surface area contributed by atoms with Crippen LogP contribution in [0.25, 0.3) is 0 Å². The minimum atomic E-state index is -0.415. The molecule has 0 bridgehead atoms. The molecule has 0 radical (unpaired) electrons. The van der Waals surface area contributed by atoms with Crippen molar-refractivity contribution >= 4 is 17.3 Å². The van der Waals surface area contributed by atoms with E-state index in [1.807, 2.05) is 15.6 Å². The number of hydrogen-bond donors (Lipinski definition) is 1. The predicted molar refractivity (Wildman–Crippen MR) is 121 cm³/mol. The summed E-state index contributed by atoms with van der Waals surface area (Å²) in [4.78, 5) is 16.1. The Kier molecular flexibility index (Phi) is 6.13. The van der Waals surface area contributed by atoms with Crippen molar-refractivity contribution in [2.45, 2.75) is 32.5 Å². The van der Waals surface area contributed by atoms with Gasteiger partial charge in [-0.1, -0.05) is 22.9 Å². The van der Waals surface area contributed by atoms with Crippen molar-refractivity contribution < 1.29 is 9.13 Å². The summed E-state index contributed by atoms with van der Waals surface area (Å²) in [5.41, 5.74) is 4.02. The summed E-state index contributed by atoms with van der Waals surface area (Å²) in [6, 6.07) is 4.87. The van der Waals surface area contributed by atoms with E-state index in [0.717, 1.165) is 35.6 Å². The first-order valence-electron chi connectivity index (χ1n) is 11.0. The van der Waals surface area contributed by atoms with Crippen LogP contribution < -0.4 is 10.5 Å². The normalized spacial score (nSPS) is 17.7. The van der Waals surface area contributed by atoms with Crippen LogP contribution in [0.1, 0.15) is 35.5 Å². The third-order valence-corrected chi connectivity index (χ3v) is 6.73. The number of aromatic amines is 1. The fourth-order valence-electron chi connectivity index (χ4n) is 4.59. The lowest BCUT2D eigenvalue weighted by Crippen LogP contribution is -2.36. The van der Waals surface area contributed by atoms with E-state index in [1.165, 1.54) is 6.07 Å². The highest BCUT2D eigenvalue weighted by Gasteiger charge is 2.27. The number of nitrogens with zero attached hydrogens (tertiary/aromatic N) is 6. The summed E-state index contributed by atoms with van der Waals surface area (Å²) in [7, 11) is 0. The second-order valence-corrected chi connectivity index (χ2v) is 8.78. The minimum Gasteiger partial charge on any atom is -0.379 e. The molecule has 0 aliphatic carbocycles. The Morgan fingerprint density at radius 2 is 2.09 bits per heavy atom. The summed E-state index contributed by atoms with van der Waals surface area (Å²) in [6.07, 6.45) is 2.24. The van der Waals surface area contributed by atoms with Gasteiger partial charge in [-0.05, 0) is 30.2 Å². The van der Waals surface area contributed by atoms with E-state index in [9.17, 15) is 9.18 Å². The van der Waals surface area contributed by atoms with Gasteiger partial charge in [0.1, 0.15) is 16.5 Å². The van der Waals surface area contributed by atoms with Crippen LogP contribution in [0.2, 0.25) is 5.02 Å². The number of halogens is 2. The molecule has 1 unspecified atom stereocenters. The highest BCUT2D eigenvalue weighted by Crippen LogP contribution is 2.30. The zero-order chi connectivity index (χ0) is 22.9. The van der Waals surface area contributed by atoms with Crippen molar-refractivity contribution in [2.24, 2.45) is 0 Å². The van der Waals surface area contributed by atoms with E-state index in [2.05, 4.69) is 32.3 Å². The van der Waals surface area contributed by atoms with Gasteiger partial charge in [0.15, 0.2) is 0 Å². The van der Waals surface area contributed by atoms with Gasteiger partial charge in [0.25, 0.3) is 5.56 Å². The maximum atomic E-state index is 14.1. The zero-order valence-electron chi connectivity index (χ0n) is 18.3. The third kappa shape index (κ3) is 4.38. The number of fused-ring (bicyclic) bond motifs is 1. The van der Waals surface area contributed by atoms with Crippen molar-refractivity contribution in [1.82, 2.24) is 30.1 Å². The fraction of sp³-hybridized carbons (Fsp3) is 0.455. The van der Waals surface area contributed by atoms with Gasteiger partial charge >= 0.3 is 0 Å². The Morgan fingerprint density at radius 1 is 1.27 bits per heavy atom. The van der Waals surface area contributed by atoms with Crippen LogP contribution in [0.5, 0.6) is 0 Å². The van der Waals surface area contributed by atoms with Gasteiger partial charge in [-0.25, -0.2) is 14.2 Å². The maximum absolute atomic E-state index is 14.1. The number of ether oxygens (including phenoxy) is 1. The second-order valence-electron chi connectivity index (χ2n) is 8.40. The van der Waals surface area contributed by atoms with E-state index < -0.39 is 5.56 Å². The largest absolute Gasteiger partial charge is 0.379 e. The molecule has 33 heavy (non-hydrogen) atoms. The highest BCUT2D eigenvalue weighted by molar-refractivity contribution is 6.32. The van der Waals surface area contributed by atoms with E-state index in [-0.39, 0.29) is 16.9 Å². The molecule has 0 saturated carbocycles. The fourth-order valence-corrected chi connectivity index (χ4v) is 4.80.